The minimum absolute atomic E-state index is 0.0818. The van der Waals surface area contributed by atoms with Crippen molar-refractivity contribution < 1.29 is 14.4 Å². The van der Waals surface area contributed by atoms with Crippen molar-refractivity contribution in [3.63, 3.8) is 0 Å². The van der Waals surface area contributed by atoms with Gasteiger partial charge in [0, 0.05) is 41.6 Å². The lowest BCUT2D eigenvalue weighted by molar-refractivity contribution is -0.116. The Morgan fingerprint density at radius 2 is 1.49 bits per heavy atom. The van der Waals surface area contributed by atoms with E-state index in [2.05, 4.69) is 16.0 Å². The molecule has 0 aromatic heterocycles. The van der Waals surface area contributed by atoms with Gasteiger partial charge in [0.2, 0.25) is 5.91 Å². The maximum atomic E-state index is 13.5. The van der Waals surface area contributed by atoms with Gasteiger partial charge in [-0.3, -0.25) is 14.4 Å². The maximum absolute atomic E-state index is 13.5. The van der Waals surface area contributed by atoms with E-state index in [1.807, 2.05) is 106 Å². The fourth-order valence-electron chi connectivity index (χ4n) is 4.26. The van der Waals surface area contributed by atoms with Crippen LogP contribution < -0.4 is 20.9 Å². The number of carbonyl (C=O) groups is 3. The van der Waals surface area contributed by atoms with Crippen LogP contribution in [0.15, 0.2) is 114 Å². The predicted molar refractivity (Wildman–Crippen MR) is 177 cm³/mol. The van der Waals surface area contributed by atoms with Crippen LogP contribution in [0.5, 0.6) is 0 Å². The molecular weight excluding hydrogens is 556 g/mol. The standard InChI is InChI=1S/C35H36N4O3S/c1-5-32(35(42)37-27-14-9-11-24(2)21-27)43-30-16-10-15-28(23-30)36-34(41)31(38-33(40)26-12-7-6-8-13-26)22-25-17-19-29(20-18-25)39(3)4/h6-23,32H,5H2,1-4H3,(H,36,41)(H,37,42)(H,38,40)/b31-22+. The number of amides is 3. The normalized spacial score (nSPS) is 11.8. The zero-order valence-electron chi connectivity index (χ0n) is 24.8. The molecule has 8 heteroatoms. The fraction of sp³-hybridized carbons (Fsp3) is 0.171. The molecular formula is C35H36N4O3S. The highest BCUT2D eigenvalue weighted by Gasteiger charge is 2.19. The van der Waals surface area contributed by atoms with Gasteiger partial charge in [0.05, 0.1) is 5.25 Å². The summed E-state index contributed by atoms with van der Waals surface area (Å²) >= 11 is 1.43. The summed E-state index contributed by atoms with van der Waals surface area (Å²) < 4.78 is 0. The van der Waals surface area contributed by atoms with E-state index in [-0.39, 0.29) is 22.8 Å². The number of anilines is 3. The Bertz CT molecular complexity index is 1600. The van der Waals surface area contributed by atoms with Gasteiger partial charge >= 0.3 is 0 Å². The minimum atomic E-state index is -0.465. The van der Waals surface area contributed by atoms with Crippen LogP contribution in [0.1, 0.15) is 34.8 Å². The molecule has 0 saturated carbocycles. The first kappa shape index (κ1) is 31.1. The summed E-state index contributed by atoms with van der Waals surface area (Å²) in [4.78, 5) is 42.3. The first-order valence-electron chi connectivity index (χ1n) is 14.0. The molecule has 1 unspecified atom stereocenters. The van der Waals surface area contributed by atoms with Gasteiger partial charge in [-0.15, -0.1) is 11.8 Å². The minimum Gasteiger partial charge on any atom is -0.378 e. The van der Waals surface area contributed by atoms with E-state index >= 15 is 0 Å². The zero-order chi connectivity index (χ0) is 30.8. The summed E-state index contributed by atoms with van der Waals surface area (Å²) in [6.45, 7) is 3.95. The van der Waals surface area contributed by atoms with Crippen LogP contribution >= 0.6 is 11.8 Å². The first-order valence-corrected chi connectivity index (χ1v) is 14.9. The van der Waals surface area contributed by atoms with Gasteiger partial charge in [0.1, 0.15) is 5.70 Å². The molecule has 0 radical (unpaired) electrons. The molecule has 4 aromatic carbocycles. The molecule has 0 aliphatic heterocycles. The number of nitrogens with one attached hydrogen (secondary N) is 3. The van der Waals surface area contributed by atoms with Crippen molar-refractivity contribution in [2.24, 2.45) is 0 Å². The molecule has 7 nitrogen and oxygen atoms in total. The summed E-state index contributed by atoms with van der Waals surface area (Å²) in [6, 6.07) is 31.5. The molecule has 4 aromatic rings. The molecule has 0 bridgehead atoms. The average Bonchev–Trinajstić information content (AvgIpc) is 3.00. The van der Waals surface area contributed by atoms with E-state index in [0.717, 1.165) is 27.4 Å². The second kappa shape index (κ2) is 14.9. The Kier molecular flexibility index (Phi) is 10.8. The van der Waals surface area contributed by atoms with Crippen LogP contribution in [0.2, 0.25) is 0 Å². The molecule has 0 aliphatic rings. The zero-order valence-corrected chi connectivity index (χ0v) is 25.6. The van der Waals surface area contributed by atoms with Crippen LogP contribution in [0.25, 0.3) is 6.08 Å². The Morgan fingerprint density at radius 3 is 2.14 bits per heavy atom. The van der Waals surface area contributed by atoms with Gasteiger partial charge in [-0.25, -0.2) is 0 Å². The summed E-state index contributed by atoms with van der Waals surface area (Å²) in [6.07, 6.45) is 2.28. The van der Waals surface area contributed by atoms with E-state index in [9.17, 15) is 14.4 Å². The summed E-state index contributed by atoms with van der Waals surface area (Å²) in [5.74, 6) is -0.935. The quantitative estimate of drug-likeness (QED) is 0.129. The van der Waals surface area contributed by atoms with Gasteiger partial charge < -0.3 is 20.9 Å². The largest absolute Gasteiger partial charge is 0.378 e. The molecule has 1 atom stereocenters. The lowest BCUT2D eigenvalue weighted by Gasteiger charge is -2.16. The van der Waals surface area contributed by atoms with Gasteiger partial charge in [-0.1, -0.05) is 55.5 Å². The Hall–Kier alpha value is -4.82. The molecule has 0 aliphatic carbocycles. The van der Waals surface area contributed by atoms with E-state index in [1.54, 1.807) is 36.4 Å². The number of thioether (sulfide) groups is 1. The SMILES string of the molecule is CCC(Sc1cccc(NC(=O)/C(=C\c2ccc(N(C)C)cc2)NC(=O)c2ccccc2)c1)C(=O)Nc1cccc(C)c1. The maximum Gasteiger partial charge on any atom is 0.272 e. The van der Waals surface area contributed by atoms with Crippen molar-refractivity contribution in [1.82, 2.24) is 5.32 Å². The molecule has 3 N–H and O–H groups in total. The topological polar surface area (TPSA) is 90.5 Å². The van der Waals surface area contributed by atoms with Gasteiger partial charge in [0.15, 0.2) is 0 Å². The molecule has 43 heavy (non-hydrogen) atoms. The number of aryl methyl sites for hydroxylation is 1. The lowest BCUT2D eigenvalue weighted by atomic mass is 10.1. The molecule has 0 spiro atoms. The summed E-state index contributed by atoms with van der Waals surface area (Å²) in [5.41, 5.74) is 4.71. The number of carbonyl (C=O) groups excluding carboxylic acids is 3. The first-order chi connectivity index (χ1) is 20.7. The van der Waals surface area contributed by atoms with Crippen molar-refractivity contribution in [3.05, 3.63) is 126 Å². The highest BCUT2D eigenvalue weighted by atomic mass is 32.2. The van der Waals surface area contributed by atoms with Gasteiger partial charge in [0.25, 0.3) is 11.8 Å². The molecule has 0 saturated heterocycles. The van der Waals surface area contributed by atoms with Crippen molar-refractivity contribution >= 4 is 52.6 Å². The molecule has 220 valence electrons. The molecule has 3 amide bonds. The highest BCUT2D eigenvalue weighted by Crippen LogP contribution is 2.29. The number of rotatable bonds is 11. The van der Waals surface area contributed by atoms with Crippen LogP contribution in [-0.4, -0.2) is 37.1 Å². The van der Waals surface area contributed by atoms with Gasteiger partial charge in [-0.2, -0.15) is 0 Å². The van der Waals surface area contributed by atoms with Crippen LogP contribution in [0.4, 0.5) is 17.1 Å². The van der Waals surface area contributed by atoms with E-state index in [0.29, 0.717) is 17.7 Å². The second-order valence-electron chi connectivity index (χ2n) is 10.2. The van der Waals surface area contributed by atoms with Crippen molar-refractivity contribution in [3.8, 4) is 0 Å². The molecule has 4 rings (SSSR count). The Balaban J connectivity index is 1.51. The third kappa shape index (κ3) is 9.08. The highest BCUT2D eigenvalue weighted by molar-refractivity contribution is 8.00. The van der Waals surface area contributed by atoms with E-state index in [4.69, 9.17) is 0 Å². The number of hydrogen-bond acceptors (Lipinski definition) is 5. The van der Waals surface area contributed by atoms with Crippen LogP contribution in [0, 0.1) is 6.92 Å². The molecule has 0 heterocycles. The van der Waals surface area contributed by atoms with Crippen LogP contribution in [-0.2, 0) is 9.59 Å². The van der Waals surface area contributed by atoms with E-state index < -0.39 is 5.91 Å². The second-order valence-corrected chi connectivity index (χ2v) is 11.5. The number of hydrogen-bond donors (Lipinski definition) is 3. The molecule has 0 fully saturated rings. The van der Waals surface area contributed by atoms with Crippen molar-refractivity contribution in [2.75, 3.05) is 29.6 Å². The smallest absolute Gasteiger partial charge is 0.272 e. The average molecular weight is 593 g/mol. The van der Waals surface area contributed by atoms with Gasteiger partial charge in [-0.05, 0) is 85.1 Å². The summed E-state index contributed by atoms with van der Waals surface area (Å²) in [7, 11) is 3.91. The Labute approximate surface area is 257 Å². The monoisotopic (exact) mass is 592 g/mol. The third-order valence-corrected chi connectivity index (χ3v) is 7.93. The number of benzene rings is 4. The summed E-state index contributed by atoms with van der Waals surface area (Å²) in [5, 5.41) is 8.37. The van der Waals surface area contributed by atoms with E-state index in [1.165, 1.54) is 11.8 Å². The predicted octanol–water partition coefficient (Wildman–Crippen LogP) is 6.98. The van der Waals surface area contributed by atoms with Crippen molar-refractivity contribution in [1.29, 1.82) is 0 Å². The lowest BCUT2D eigenvalue weighted by Crippen LogP contribution is -2.30. The van der Waals surface area contributed by atoms with Crippen molar-refractivity contribution in [2.45, 2.75) is 30.4 Å². The third-order valence-electron chi connectivity index (χ3n) is 6.57. The Morgan fingerprint density at radius 1 is 0.814 bits per heavy atom. The number of nitrogens with zero attached hydrogens (tertiary/aromatic N) is 1. The van der Waals surface area contributed by atoms with Crippen LogP contribution in [0.3, 0.4) is 0 Å². The fourth-order valence-corrected chi connectivity index (χ4v) is 5.27.